The number of aryl methyl sites for hydroxylation is 4. The molecule has 5 heteroatoms. The van der Waals surface area contributed by atoms with Crippen LogP contribution in [0.25, 0.3) is 65.3 Å². The van der Waals surface area contributed by atoms with Gasteiger partial charge in [0.05, 0.1) is 0 Å². The van der Waals surface area contributed by atoms with Crippen LogP contribution < -0.4 is 19.6 Å². The molecule has 0 fully saturated rings. The minimum atomic E-state index is 0. The first-order valence-corrected chi connectivity index (χ1v) is 30.9. The summed E-state index contributed by atoms with van der Waals surface area (Å²) in [5.74, 6) is 0. The van der Waals surface area contributed by atoms with Crippen molar-refractivity contribution in [1.29, 1.82) is 0 Å². The molecule has 0 saturated heterocycles. The molecule has 1 aromatic heterocycles. The monoisotopic (exact) mass is 1170 g/mol. The number of benzene rings is 14. The van der Waals surface area contributed by atoms with Gasteiger partial charge in [0.2, 0.25) is 0 Å². The molecule has 0 atom stereocenters. The third kappa shape index (κ3) is 11.6. The van der Waals surface area contributed by atoms with Gasteiger partial charge in [0.25, 0.3) is 0 Å². The van der Waals surface area contributed by atoms with Crippen molar-refractivity contribution in [3.8, 4) is 22.3 Å². The van der Waals surface area contributed by atoms with Gasteiger partial charge >= 0.3 is 0 Å². The normalized spacial score (nSPS) is 11.2. The second-order valence-electron chi connectivity index (χ2n) is 23.7. The zero-order valence-electron chi connectivity index (χ0n) is 50.8. The predicted molar refractivity (Wildman–Crippen MR) is 390 cm³/mol. The molecule has 0 radical (unpaired) electrons. The summed E-state index contributed by atoms with van der Waals surface area (Å²) in [6.07, 6.45) is 4.05. The van der Waals surface area contributed by atoms with Crippen molar-refractivity contribution in [2.75, 3.05) is 19.6 Å². The molecule has 15 aromatic rings. The second kappa shape index (κ2) is 24.6. The molecule has 0 aliphatic carbocycles. The zero-order chi connectivity index (χ0) is 60.7. The van der Waals surface area contributed by atoms with Crippen LogP contribution in [0.15, 0.2) is 322 Å². The van der Waals surface area contributed by atoms with Gasteiger partial charge in [0.1, 0.15) is 0 Å². The SMILES string of the molecule is C.Cc1ccc(N(c2ccc(C)cc2)c2cc(-c3cncc(-c4cc(N(c5ccc6ccccc6c5)c5ccc6ccccc6c5)cc(N(c5ccc6ccccc6c5)c5ccc6ccccc6c5)c4)c3)cc(N(c3ccc(C)cc3)c3ccc(C)cc3)c2)cc1. The third-order valence-corrected chi connectivity index (χ3v) is 17.4. The van der Waals surface area contributed by atoms with Crippen molar-refractivity contribution < 1.29 is 0 Å². The Bertz CT molecular complexity index is 4590. The van der Waals surface area contributed by atoms with Crippen LogP contribution in [-0.2, 0) is 0 Å². The van der Waals surface area contributed by atoms with Crippen LogP contribution >= 0.6 is 0 Å². The van der Waals surface area contributed by atoms with Crippen molar-refractivity contribution in [3.63, 3.8) is 0 Å². The molecule has 0 saturated carbocycles. The Hall–Kier alpha value is -11.5. The van der Waals surface area contributed by atoms with Crippen molar-refractivity contribution in [2.24, 2.45) is 0 Å². The van der Waals surface area contributed by atoms with E-state index < -0.39 is 0 Å². The van der Waals surface area contributed by atoms with Crippen LogP contribution in [0, 0.1) is 27.7 Å². The molecule has 5 nitrogen and oxygen atoms in total. The van der Waals surface area contributed by atoms with Gasteiger partial charge in [-0.1, -0.05) is 200 Å². The number of fused-ring (bicyclic) bond motifs is 4. The van der Waals surface area contributed by atoms with E-state index in [0.29, 0.717) is 0 Å². The van der Waals surface area contributed by atoms with Crippen LogP contribution in [0.4, 0.5) is 68.2 Å². The smallest absolute Gasteiger partial charge is 0.0488 e. The Labute approximate surface area is 534 Å². The van der Waals surface area contributed by atoms with Gasteiger partial charge in [-0.15, -0.1) is 0 Å². The molecule has 14 aromatic carbocycles. The summed E-state index contributed by atoms with van der Waals surface area (Å²) < 4.78 is 0. The molecule has 1 heterocycles. The number of anilines is 12. The minimum absolute atomic E-state index is 0. The van der Waals surface area contributed by atoms with Gasteiger partial charge in [-0.25, -0.2) is 0 Å². The quantitative estimate of drug-likeness (QED) is 0.108. The van der Waals surface area contributed by atoms with E-state index in [4.69, 9.17) is 4.98 Å². The maximum atomic E-state index is 5.22. The fraction of sp³-hybridized carbons (Fsp3) is 0.0581. The van der Waals surface area contributed by atoms with E-state index in [9.17, 15) is 0 Å². The summed E-state index contributed by atoms with van der Waals surface area (Å²) in [6, 6.07) is 114. The first-order chi connectivity index (χ1) is 44.2. The lowest BCUT2D eigenvalue weighted by atomic mass is 9.98. The summed E-state index contributed by atoms with van der Waals surface area (Å²) in [5.41, 5.74) is 21.2. The van der Waals surface area contributed by atoms with Crippen LogP contribution in [0.2, 0.25) is 0 Å². The van der Waals surface area contributed by atoms with Crippen molar-refractivity contribution >= 4 is 111 Å². The predicted octanol–water partition coefficient (Wildman–Crippen LogP) is 24.8. The van der Waals surface area contributed by atoms with Gasteiger partial charge in [0, 0.05) is 91.8 Å². The van der Waals surface area contributed by atoms with E-state index in [1.54, 1.807) is 0 Å². The van der Waals surface area contributed by atoms with Crippen LogP contribution in [0.5, 0.6) is 0 Å². The molecule has 0 unspecified atom stereocenters. The van der Waals surface area contributed by atoms with E-state index in [0.717, 1.165) is 112 Å². The fourth-order valence-corrected chi connectivity index (χ4v) is 12.6. The van der Waals surface area contributed by atoms with Crippen LogP contribution in [0.3, 0.4) is 0 Å². The first-order valence-electron chi connectivity index (χ1n) is 30.9. The summed E-state index contributed by atoms with van der Waals surface area (Å²) in [5, 5.41) is 9.39. The Morgan fingerprint density at radius 2 is 0.407 bits per heavy atom. The van der Waals surface area contributed by atoms with Crippen molar-refractivity contribution in [3.05, 3.63) is 344 Å². The maximum Gasteiger partial charge on any atom is 0.0488 e. The molecular formula is C86H69N5. The Morgan fingerprint density at radius 1 is 0.187 bits per heavy atom. The summed E-state index contributed by atoms with van der Waals surface area (Å²) in [7, 11) is 0. The lowest BCUT2D eigenvalue weighted by Crippen LogP contribution is -2.14. The number of hydrogen-bond acceptors (Lipinski definition) is 5. The highest BCUT2D eigenvalue weighted by atomic mass is 15.2. The lowest BCUT2D eigenvalue weighted by molar-refractivity contribution is 1.23. The van der Waals surface area contributed by atoms with Crippen molar-refractivity contribution in [1.82, 2.24) is 4.98 Å². The topological polar surface area (TPSA) is 25.9 Å². The highest BCUT2D eigenvalue weighted by Crippen LogP contribution is 2.48. The molecule has 91 heavy (non-hydrogen) atoms. The van der Waals surface area contributed by atoms with Gasteiger partial charge in [0.15, 0.2) is 0 Å². The number of nitrogens with zero attached hydrogens (tertiary/aromatic N) is 5. The molecule has 0 N–H and O–H groups in total. The van der Waals surface area contributed by atoms with E-state index in [-0.39, 0.29) is 7.43 Å². The number of hydrogen-bond donors (Lipinski definition) is 0. The highest BCUT2D eigenvalue weighted by Gasteiger charge is 2.24. The summed E-state index contributed by atoms with van der Waals surface area (Å²) in [6.45, 7) is 8.58. The number of pyridine rings is 1. The van der Waals surface area contributed by atoms with Gasteiger partial charge in [-0.05, 0) is 221 Å². The highest BCUT2D eigenvalue weighted by molar-refractivity contribution is 5.98. The Morgan fingerprint density at radius 3 is 0.659 bits per heavy atom. The molecule has 0 spiro atoms. The number of aromatic nitrogens is 1. The van der Waals surface area contributed by atoms with Gasteiger partial charge in [-0.2, -0.15) is 0 Å². The first kappa shape index (κ1) is 57.2. The van der Waals surface area contributed by atoms with Crippen LogP contribution in [0.1, 0.15) is 29.7 Å². The molecular weight excluding hydrogens is 1100 g/mol. The molecule has 0 amide bonds. The number of rotatable bonds is 14. The molecule has 15 rings (SSSR count). The summed E-state index contributed by atoms with van der Waals surface area (Å²) in [4.78, 5) is 14.8. The lowest BCUT2D eigenvalue weighted by Gasteiger charge is -2.31. The fourth-order valence-electron chi connectivity index (χ4n) is 12.6. The third-order valence-electron chi connectivity index (χ3n) is 17.4. The minimum Gasteiger partial charge on any atom is -0.310 e. The van der Waals surface area contributed by atoms with Crippen molar-refractivity contribution in [2.45, 2.75) is 35.1 Å². The van der Waals surface area contributed by atoms with Gasteiger partial charge < -0.3 is 19.6 Å². The average Bonchev–Trinajstić information content (AvgIpc) is 0.889. The van der Waals surface area contributed by atoms with E-state index in [1.165, 1.54) is 43.8 Å². The summed E-state index contributed by atoms with van der Waals surface area (Å²) >= 11 is 0. The standard InChI is InChI=1S/C85H65N5.CH4/c1-58-21-33-74(34-22-58)87(75-35-23-59(2)24-36-75)82-50-70(51-83(54-82)88(76-37-25-60(3)26-38-76)77-39-27-61(4)28-40-77)72-45-73(57-86-56-72)71-52-84(89(78-41-29-62-13-5-9-17-66(62)46-78)79-42-30-63-14-6-10-18-67(63)47-79)55-85(53-71)90(80-43-31-64-15-7-11-19-68(64)48-80)81-44-32-65-16-8-12-20-69(65)49-81;/h5-57H,1-4H3;1H4. The molecule has 0 bridgehead atoms. The average molecular weight is 1170 g/mol. The van der Waals surface area contributed by atoms with Gasteiger partial charge in [-0.3, -0.25) is 4.98 Å². The second-order valence-corrected chi connectivity index (χ2v) is 23.7. The Kier molecular flexibility index (Phi) is 15.4. The van der Waals surface area contributed by atoms with Crippen LogP contribution in [-0.4, -0.2) is 4.98 Å². The Balaban J connectivity index is 0.00000721. The zero-order valence-corrected chi connectivity index (χ0v) is 50.8. The molecule has 0 aliphatic heterocycles. The van der Waals surface area contributed by atoms with E-state index in [1.807, 2.05) is 12.4 Å². The molecule has 438 valence electrons. The maximum absolute atomic E-state index is 5.22. The molecule has 0 aliphatic rings. The van der Waals surface area contributed by atoms with E-state index >= 15 is 0 Å². The largest absolute Gasteiger partial charge is 0.310 e. The van der Waals surface area contributed by atoms with E-state index in [2.05, 4.69) is 357 Å².